The van der Waals surface area contributed by atoms with E-state index in [0.29, 0.717) is 42.3 Å². The van der Waals surface area contributed by atoms with Crippen molar-refractivity contribution in [3.63, 3.8) is 0 Å². The molecule has 2 fully saturated rings. The predicted molar refractivity (Wildman–Crippen MR) is 126 cm³/mol. The van der Waals surface area contributed by atoms with Gasteiger partial charge in [-0.1, -0.05) is 19.3 Å². The molecule has 0 atom stereocenters. The van der Waals surface area contributed by atoms with E-state index < -0.39 is 5.63 Å². The fourth-order valence-corrected chi connectivity index (χ4v) is 5.18. The van der Waals surface area contributed by atoms with Crippen LogP contribution in [0.3, 0.4) is 0 Å². The second kappa shape index (κ2) is 10.4. The predicted octanol–water partition coefficient (Wildman–Crippen LogP) is 3.73. The number of piperidine rings is 1. The maximum absolute atomic E-state index is 12.7. The van der Waals surface area contributed by atoms with Crippen LogP contribution in [-0.2, 0) is 16.0 Å². The third-order valence-electron chi connectivity index (χ3n) is 7.22. The van der Waals surface area contributed by atoms with E-state index in [1.54, 1.807) is 13.2 Å². The SMILES string of the molecule is COc1ccc2c(C)c(CCC(=O)NC3CCN(C(=O)C4CCCCC4)CC3)c(=O)oc2c1. The van der Waals surface area contributed by atoms with Crippen LogP contribution in [0.2, 0.25) is 0 Å². The highest BCUT2D eigenvalue weighted by atomic mass is 16.5. The number of rotatable bonds is 6. The summed E-state index contributed by atoms with van der Waals surface area (Å²) in [5, 5.41) is 3.94. The number of nitrogens with one attached hydrogen (secondary N) is 1. The quantitative estimate of drug-likeness (QED) is 0.672. The Labute approximate surface area is 194 Å². The van der Waals surface area contributed by atoms with Crippen LogP contribution in [0.25, 0.3) is 11.0 Å². The summed E-state index contributed by atoms with van der Waals surface area (Å²) in [7, 11) is 1.57. The van der Waals surface area contributed by atoms with Gasteiger partial charge in [-0.15, -0.1) is 0 Å². The Bertz CT molecular complexity index is 1060. The first kappa shape index (κ1) is 23.3. The molecule has 1 aliphatic carbocycles. The number of carbonyl (C=O) groups is 2. The molecule has 2 amide bonds. The molecule has 33 heavy (non-hydrogen) atoms. The molecule has 1 N–H and O–H groups in total. The topological polar surface area (TPSA) is 88.9 Å². The highest BCUT2D eigenvalue weighted by molar-refractivity contribution is 5.83. The minimum absolute atomic E-state index is 0.0688. The molecule has 1 aliphatic heterocycles. The number of benzene rings is 1. The van der Waals surface area contributed by atoms with Gasteiger partial charge in [0.15, 0.2) is 0 Å². The summed E-state index contributed by atoms with van der Waals surface area (Å²) in [5.74, 6) is 1.06. The van der Waals surface area contributed by atoms with Gasteiger partial charge >= 0.3 is 5.63 Å². The number of hydrogen-bond acceptors (Lipinski definition) is 5. The van der Waals surface area contributed by atoms with Gasteiger partial charge in [-0.2, -0.15) is 0 Å². The van der Waals surface area contributed by atoms with Crippen molar-refractivity contribution in [1.29, 1.82) is 0 Å². The second-order valence-corrected chi connectivity index (χ2v) is 9.36. The van der Waals surface area contributed by atoms with E-state index in [0.717, 1.165) is 49.5 Å². The van der Waals surface area contributed by atoms with Gasteiger partial charge in [-0.05, 0) is 56.7 Å². The van der Waals surface area contributed by atoms with Crippen LogP contribution >= 0.6 is 0 Å². The van der Waals surface area contributed by atoms with Gasteiger partial charge in [0.05, 0.1) is 7.11 Å². The normalized spacial score (nSPS) is 17.8. The molecule has 0 spiro atoms. The number of ether oxygens (including phenoxy) is 1. The lowest BCUT2D eigenvalue weighted by Crippen LogP contribution is -2.48. The molecular weight excluding hydrogens is 420 g/mol. The van der Waals surface area contributed by atoms with Gasteiger partial charge < -0.3 is 19.4 Å². The van der Waals surface area contributed by atoms with Gasteiger partial charge in [-0.25, -0.2) is 4.79 Å². The first-order chi connectivity index (χ1) is 16.0. The maximum Gasteiger partial charge on any atom is 0.339 e. The largest absolute Gasteiger partial charge is 0.497 e. The molecule has 1 saturated heterocycles. The Balaban J connectivity index is 1.29. The number of methoxy groups -OCH3 is 1. The fraction of sp³-hybridized carbons (Fsp3) is 0.577. The molecule has 7 heteroatoms. The zero-order valence-electron chi connectivity index (χ0n) is 19.7. The second-order valence-electron chi connectivity index (χ2n) is 9.36. The number of aryl methyl sites for hydroxylation is 1. The van der Waals surface area contributed by atoms with E-state index in [-0.39, 0.29) is 24.3 Å². The molecule has 1 aromatic heterocycles. The number of likely N-dealkylation sites (tertiary alicyclic amines) is 1. The number of nitrogens with zero attached hydrogens (tertiary/aromatic N) is 1. The van der Waals surface area contributed by atoms with Crippen molar-refractivity contribution in [3.8, 4) is 5.75 Å². The average Bonchev–Trinajstić information content (AvgIpc) is 2.84. The molecule has 0 unspecified atom stereocenters. The lowest BCUT2D eigenvalue weighted by atomic mass is 9.87. The van der Waals surface area contributed by atoms with E-state index in [1.807, 2.05) is 24.0 Å². The van der Waals surface area contributed by atoms with Crippen LogP contribution in [0.5, 0.6) is 5.75 Å². The lowest BCUT2D eigenvalue weighted by Gasteiger charge is -2.35. The van der Waals surface area contributed by atoms with Gasteiger partial charge in [0, 0.05) is 48.5 Å². The molecule has 7 nitrogen and oxygen atoms in total. The average molecular weight is 455 g/mol. The van der Waals surface area contributed by atoms with Crippen LogP contribution in [0.4, 0.5) is 0 Å². The van der Waals surface area contributed by atoms with E-state index in [1.165, 1.54) is 6.42 Å². The molecule has 2 aromatic rings. The zero-order valence-corrected chi connectivity index (χ0v) is 19.7. The first-order valence-corrected chi connectivity index (χ1v) is 12.1. The Morgan fingerprint density at radius 2 is 1.85 bits per heavy atom. The summed E-state index contributed by atoms with van der Waals surface area (Å²) < 4.78 is 10.7. The van der Waals surface area contributed by atoms with E-state index in [9.17, 15) is 14.4 Å². The monoisotopic (exact) mass is 454 g/mol. The van der Waals surface area contributed by atoms with Crippen molar-refractivity contribution in [3.05, 3.63) is 39.7 Å². The number of fused-ring (bicyclic) bond motifs is 1. The fourth-order valence-electron chi connectivity index (χ4n) is 5.18. The van der Waals surface area contributed by atoms with Crippen molar-refractivity contribution in [1.82, 2.24) is 10.2 Å². The van der Waals surface area contributed by atoms with Crippen LogP contribution in [0.15, 0.2) is 27.4 Å². The number of amides is 2. The van der Waals surface area contributed by atoms with Gasteiger partial charge in [0.25, 0.3) is 0 Å². The zero-order chi connectivity index (χ0) is 23.4. The molecule has 4 rings (SSSR count). The van der Waals surface area contributed by atoms with Crippen molar-refractivity contribution >= 4 is 22.8 Å². The minimum atomic E-state index is -0.407. The van der Waals surface area contributed by atoms with Crippen molar-refractivity contribution in [2.45, 2.75) is 70.8 Å². The number of carbonyl (C=O) groups excluding carboxylic acids is 2. The summed E-state index contributed by atoms with van der Waals surface area (Å²) in [4.78, 5) is 39.8. The third kappa shape index (κ3) is 5.40. The van der Waals surface area contributed by atoms with Gasteiger partial charge in [-0.3, -0.25) is 9.59 Å². The van der Waals surface area contributed by atoms with Crippen molar-refractivity contribution in [2.75, 3.05) is 20.2 Å². The Hall–Kier alpha value is -2.83. The maximum atomic E-state index is 12.7. The summed E-state index contributed by atoms with van der Waals surface area (Å²) in [6.45, 7) is 3.30. The highest BCUT2D eigenvalue weighted by Gasteiger charge is 2.29. The summed E-state index contributed by atoms with van der Waals surface area (Å²) in [5.41, 5.74) is 1.46. The molecule has 1 aromatic carbocycles. The van der Waals surface area contributed by atoms with Crippen molar-refractivity contribution < 1.29 is 18.7 Å². The van der Waals surface area contributed by atoms with Gasteiger partial charge in [0.1, 0.15) is 11.3 Å². The molecule has 1 saturated carbocycles. The molecular formula is C26H34N2O5. The van der Waals surface area contributed by atoms with E-state index in [4.69, 9.17) is 9.15 Å². The van der Waals surface area contributed by atoms with Crippen LogP contribution in [0, 0.1) is 12.8 Å². The van der Waals surface area contributed by atoms with Gasteiger partial charge in [0.2, 0.25) is 11.8 Å². The standard InChI is InChI=1S/C26H34N2O5/c1-17-21-9-8-20(32-2)16-23(21)33-26(31)22(17)10-11-24(29)27-19-12-14-28(15-13-19)25(30)18-6-4-3-5-7-18/h8-9,16,18-19H,3-7,10-15H2,1-2H3,(H,27,29). The molecule has 0 bridgehead atoms. The number of hydrogen-bond donors (Lipinski definition) is 1. The Morgan fingerprint density at radius 1 is 1.12 bits per heavy atom. The van der Waals surface area contributed by atoms with Crippen LogP contribution < -0.4 is 15.7 Å². The summed E-state index contributed by atoms with van der Waals surface area (Å²) in [6, 6.07) is 5.48. The van der Waals surface area contributed by atoms with E-state index >= 15 is 0 Å². The molecule has 2 heterocycles. The smallest absolute Gasteiger partial charge is 0.339 e. The molecule has 178 valence electrons. The Kier molecular flexibility index (Phi) is 7.36. The lowest BCUT2D eigenvalue weighted by molar-refractivity contribution is -0.137. The third-order valence-corrected chi connectivity index (χ3v) is 7.22. The van der Waals surface area contributed by atoms with Crippen molar-refractivity contribution in [2.24, 2.45) is 5.92 Å². The Morgan fingerprint density at radius 3 is 2.55 bits per heavy atom. The highest BCUT2D eigenvalue weighted by Crippen LogP contribution is 2.27. The first-order valence-electron chi connectivity index (χ1n) is 12.1. The summed E-state index contributed by atoms with van der Waals surface area (Å²) in [6.07, 6.45) is 7.73. The molecule has 0 radical (unpaired) electrons. The van der Waals surface area contributed by atoms with Crippen LogP contribution in [0.1, 0.15) is 62.5 Å². The minimum Gasteiger partial charge on any atom is -0.497 e. The van der Waals surface area contributed by atoms with Crippen LogP contribution in [-0.4, -0.2) is 43.0 Å². The molecule has 2 aliphatic rings. The summed E-state index contributed by atoms with van der Waals surface area (Å²) >= 11 is 0. The van der Waals surface area contributed by atoms with E-state index in [2.05, 4.69) is 5.32 Å².